The third-order valence-electron chi connectivity index (χ3n) is 4.12. The Morgan fingerprint density at radius 2 is 1.84 bits per heavy atom. The van der Waals surface area contributed by atoms with Gasteiger partial charge in [0.15, 0.2) is 0 Å². The average Bonchev–Trinajstić information content (AvgIpc) is 2.46. The summed E-state index contributed by atoms with van der Waals surface area (Å²) in [6.07, 6.45) is 6.77. The van der Waals surface area contributed by atoms with Gasteiger partial charge >= 0.3 is 0 Å². The van der Waals surface area contributed by atoms with Crippen molar-refractivity contribution in [2.45, 2.75) is 51.6 Å². The van der Waals surface area contributed by atoms with E-state index in [1.807, 2.05) is 24.3 Å². The van der Waals surface area contributed by atoms with Crippen molar-refractivity contribution in [1.82, 2.24) is 4.90 Å². The Morgan fingerprint density at radius 1 is 1.21 bits per heavy atom. The fourth-order valence-electron chi connectivity index (χ4n) is 2.95. The van der Waals surface area contributed by atoms with Gasteiger partial charge in [-0.3, -0.25) is 9.69 Å². The van der Waals surface area contributed by atoms with E-state index in [2.05, 4.69) is 11.8 Å². The minimum absolute atomic E-state index is 0.355. The highest BCUT2D eigenvalue weighted by Gasteiger charge is 2.19. The number of carbonyl (C=O) groups excluding carboxylic acids is 1. The summed E-state index contributed by atoms with van der Waals surface area (Å²) in [5.41, 5.74) is 7.11. The van der Waals surface area contributed by atoms with Crippen LogP contribution in [-0.2, 0) is 6.54 Å². The largest absolute Gasteiger partial charge is 0.366 e. The zero-order chi connectivity index (χ0) is 13.7. The molecule has 1 amide bonds. The van der Waals surface area contributed by atoms with E-state index in [0.717, 1.165) is 19.1 Å². The molecule has 1 aliphatic carbocycles. The third kappa shape index (κ3) is 3.80. The van der Waals surface area contributed by atoms with Crippen LogP contribution in [0.3, 0.4) is 0 Å². The zero-order valence-corrected chi connectivity index (χ0v) is 11.8. The molecular formula is C16H24N2O. The first-order valence-corrected chi connectivity index (χ1v) is 7.33. The molecule has 2 rings (SSSR count). The summed E-state index contributed by atoms with van der Waals surface area (Å²) in [5.74, 6) is -0.355. The van der Waals surface area contributed by atoms with E-state index >= 15 is 0 Å². The van der Waals surface area contributed by atoms with Gasteiger partial charge in [0.05, 0.1) is 0 Å². The van der Waals surface area contributed by atoms with Gasteiger partial charge in [-0.15, -0.1) is 0 Å². The summed E-state index contributed by atoms with van der Waals surface area (Å²) in [4.78, 5) is 13.6. The normalized spacial score (nSPS) is 16.7. The lowest BCUT2D eigenvalue weighted by Gasteiger charge is -2.33. The van der Waals surface area contributed by atoms with Gasteiger partial charge in [0.2, 0.25) is 5.91 Å². The third-order valence-corrected chi connectivity index (χ3v) is 4.12. The van der Waals surface area contributed by atoms with Crippen LogP contribution in [0.4, 0.5) is 0 Å². The van der Waals surface area contributed by atoms with Crippen LogP contribution in [-0.4, -0.2) is 23.4 Å². The quantitative estimate of drug-likeness (QED) is 0.884. The number of benzene rings is 1. The van der Waals surface area contributed by atoms with E-state index in [-0.39, 0.29) is 5.91 Å². The van der Waals surface area contributed by atoms with Gasteiger partial charge in [0.1, 0.15) is 0 Å². The number of nitrogens with two attached hydrogens (primary N) is 1. The monoisotopic (exact) mass is 260 g/mol. The summed E-state index contributed by atoms with van der Waals surface area (Å²) >= 11 is 0. The molecule has 0 saturated heterocycles. The van der Waals surface area contributed by atoms with Crippen LogP contribution in [0.25, 0.3) is 0 Å². The van der Waals surface area contributed by atoms with E-state index in [1.54, 1.807) is 0 Å². The van der Waals surface area contributed by atoms with Crippen LogP contribution >= 0.6 is 0 Å². The summed E-state index contributed by atoms with van der Waals surface area (Å²) in [6, 6.07) is 8.42. The second kappa shape index (κ2) is 6.71. The molecule has 0 unspecified atom stereocenters. The second-order valence-corrected chi connectivity index (χ2v) is 5.42. The van der Waals surface area contributed by atoms with Crippen molar-refractivity contribution < 1.29 is 4.79 Å². The minimum atomic E-state index is -0.355. The Balaban J connectivity index is 1.99. The van der Waals surface area contributed by atoms with Crippen molar-refractivity contribution in [3.8, 4) is 0 Å². The van der Waals surface area contributed by atoms with Crippen LogP contribution in [0.2, 0.25) is 0 Å². The van der Waals surface area contributed by atoms with E-state index < -0.39 is 0 Å². The molecular weight excluding hydrogens is 236 g/mol. The SMILES string of the molecule is CCN(Cc1ccc(C(N)=O)cc1)C1CCCCC1. The summed E-state index contributed by atoms with van der Waals surface area (Å²) in [7, 11) is 0. The number of nitrogens with zero attached hydrogens (tertiary/aromatic N) is 1. The molecule has 0 spiro atoms. The van der Waals surface area contributed by atoms with Crippen molar-refractivity contribution >= 4 is 5.91 Å². The van der Waals surface area contributed by atoms with Crippen molar-refractivity contribution in [2.24, 2.45) is 5.73 Å². The van der Waals surface area contributed by atoms with Gasteiger partial charge in [0, 0.05) is 18.2 Å². The molecule has 0 atom stereocenters. The fraction of sp³-hybridized carbons (Fsp3) is 0.562. The Morgan fingerprint density at radius 3 is 2.37 bits per heavy atom. The fourth-order valence-corrected chi connectivity index (χ4v) is 2.95. The molecule has 2 N–H and O–H groups in total. The first kappa shape index (κ1) is 14.1. The van der Waals surface area contributed by atoms with Gasteiger partial charge in [-0.2, -0.15) is 0 Å². The van der Waals surface area contributed by atoms with Crippen LogP contribution in [0.5, 0.6) is 0 Å². The summed E-state index contributed by atoms with van der Waals surface area (Å²) < 4.78 is 0. The number of amides is 1. The molecule has 1 fully saturated rings. The highest BCUT2D eigenvalue weighted by molar-refractivity contribution is 5.92. The highest BCUT2D eigenvalue weighted by atomic mass is 16.1. The predicted octanol–water partition coefficient (Wildman–Crippen LogP) is 2.94. The number of hydrogen-bond donors (Lipinski definition) is 1. The Bertz CT molecular complexity index is 407. The number of rotatable bonds is 5. The first-order chi connectivity index (χ1) is 9.20. The van der Waals surface area contributed by atoms with Crippen LogP contribution in [0.1, 0.15) is 54.9 Å². The van der Waals surface area contributed by atoms with Gasteiger partial charge in [0.25, 0.3) is 0 Å². The molecule has 1 aromatic rings. The van der Waals surface area contributed by atoms with Crippen LogP contribution < -0.4 is 5.73 Å². The topological polar surface area (TPSA) is 46.3 Å². The number of hydrogen-bond acceptors (Lipinski definition) is 2. The Hall–Kier alpha value is -1.35. The molecule has 3 heteroatoms. The van der Waals surface area contributed by atoms with Gasteiger partial charge in [-0.1, -0.05) is 38.3 Å². The zero-order valence-electron chi connectivity index (χ0n) is 11.8. The lowest BCUT2D eigenvalue weighted by Crippen LogP contribution is -2.36. The predicted molar refractivity (Wildman–Crippen MR) is 77.9 cm³/mol. The van der Waals surface area contributed by atoms with Crippen molar-refractivity contribution in [1.29, 1.82) is 0 Å². The van der Waals surface area contributed by atoms with Gasteiger partial charge < -0.3 is 5.73 Å². The van der Waals surface area contributed by atoms with Gasteiger partial charge in [-0.05, 0) is 37.1 Å². The molecule has 104 valence electrons. The van der Waals surface area contributed by atoms with E-state index in [1.165, 1.54) is 37.7 Å². The summed E-state index contributed by atoms with van der Waals surface area (Å²) in [6.45, 7) is 4.29. The van der Waals surface area contributed by atoms with Crippen molar-refractivity contribution in [2.75, 3.05) is 6.54 Å². The summed E-state index contributed by atoms with van der Waals surface area (Å²) in [5, 5.41) is 0. The van der Waals surface area contributed by atoms with E-state index in [4.69, 9.17) is 5.73 Å². The van der Waals surface area contributed by atoms with Crippen LogP contribution in [0, 0.1) is 0 Å². The first-order valence-electron chi connectivity index (χ1n) is 7.33. The maximum Gasteiger partial charge on any atom is 0.248 e. The van der Waals surface area contributed by atoms with Crippen LogP contribution in [0.15, 0.2) is 24.3 Å². The number of primary amides is 1. The molecule has 1 aromatic carbocycles. The lowest BCUT2D eigenvalue weighted by molar-refractivity contribution is 0.1000. The minimum Gasteiger partial charge on any atom is -0.366 e. The molecule has 0 heterocycles. The second-order valence-electron chi connectivity index (χ2n) is 5.42. The molecule has 0 bridgehead atoms. The van der Waals surface area contributed by atoms with E-state index in [9.17, 15) is 4.79 Å². The molecule has 19 heavy (non-hydrogen) atoms. The number of carbonyl (C=O) groups is 1. The Labute approximate surface area is 115 Å². The Kier molecular flexibility index (Phi) is 4.97. The maximum atomic E-state index is 11.0. The highest BCUT2D eigenvalue weighted by Crippen LogP contribution is 2.23. The van der Waals surface area contributed by atoms with E-state index in [0.29, 0.717) is 5.56 Å². The molecule has 1 saturated carbocycles. The molecule has 1 aliphatic rings. The molecule has 3 nitrogen and oxygen atoms in total. The van der Waals surface area contributed by atoms with Crippen molar-refractivity contribution in [3.63, 3.8) is 0 Å². The smallest absolute Gasteiger partial charge is 0.248 e. The van der Waals surface area contributed by atoms with Gasteiger partial charge in [-0.25, -0.2) is 0 Å². The standard InChI is InChI=1S/C16H24N2O/c1-2-18(15-6-4-3-5-7-15)12-13-8-10-14(11-9-13)16(17)19/h8-11,15H,2-7,12H2,1H3,(H2,17,19). The van der Waals surface area contributed by atoms with Crippen molar-refractivity contribution in [3.05, 3.63) is 35.4 Å². The average molecular weight is 260 g/mol. The molecule has 0 radical (unpaired) electrons. The lowest BCUT2D eigenvalue weighted by atomic mass is 9.94. The molecule has 0 aromatic heterocycles. The maximum absolute atomic E-state index is 11.0. The molecule has 0 aliphatic heterocycles.